The Labute approximate surface area is 378 Å². The smallest absolute Gasteiger partial charge is 0.305 e. The summed E-state index contributed by atoms with van der Waals surface area (Å²) in [6.45, 7) is 4.82. The quantitative estimate of drug-likeness (QED) is 0.0322. The summed E-state index contributed by atoms with van der Waals surface area (Å²) in [4.78, 5) is 24.4. The van der Waals surface area contributed by atoms with E-state index < -0.39 is 12.1 Å². The SMILES string of the molecule is CCCCCC/C=C\C/C=C\CCCCCCCCCC(=O)OCCCCCCCC/C=C\CCCCCCCCCC(=O)NC(CO)C(O)/C=C/CCCCCCCCC. The van der Waals surface area contributed by atoms with Crippen molar-refractivity contribution in [2.75, 3.05) is 13.2 Å². The molecule has 0 saturated heterocycles. The molecule has 0 aliphatic heterocycles. The highest BCUT2D eigenvalue weighted by atomic mass is 16.5. The summed E-state index contributed by atoms with van der Waals surface area (Å²) in [6, 6.07) is -0.636. The lowest BCUT2D eigenvalue weighted by Gasteiger charge is -2.20. The van der Waals surface area contributed by atoms with E-state index in [1.54, 1.807) is 6.08 Å². The number of aliphatic hydroxyl groups excluding tert-OH is 2. The molecule has 0 aromatic rings. The van der Waals surface area contributed by atoms with Crippen molar-refractivity contribution >= 4 is 11.9 Å². The topological polar surface area (TPSA) is 95.9 Å². The lowest BCUT2D eigenvalue weighted by Crippen LogP contribution is -2.45. The second-order valence-electron chi connectivity index (χ2n) is 17.8. The fourth-order valence-corrected chi connectivity index (χ4v) is 7.71. The second-order valence-corrected chi connectivity index (χ2v) is 17.8. The summed E-state index contributed by atoms with van der Waals surface area (Å²) in [7, 11) is 0. The highest BCUT2D eigenvalue weighted by Gasteiger charge is 2.18. The molecular formula is C55H101NO5. The maximum atomic E-state index is 12.4. The van der Waals surface area contributed by atoms with Crippen LogP contribution in [0.1, 0.15) is 264 Å². The number of carbonyl (C=O) groups is 2. The highest BCUT2D eigenvalue weighted by molar-refractivity contribution is 5.76. The van der Waals surface area contributed by atoms with Crippen LogP contribution in [0, 0.1) is 0 Å². The summed E-state index contributed by atoms with van der Waals surface area (Å²) in [6.07, 6.45) is 62.6. The molecular weight excluding hydrogens is 755 g/mol. The molecule has 0 aromatic carbocycles. The molecule has 6 nitrogen and oxygen atoms in total. The van der Waals surface area contributed by atoms with E-state index >= 15 is 0 Å². The molecule has 0 saturated carbocycles. The Kier molecular flexibility index (Phi) is 48.7. The molecule has 0 radical (unpaired) electrons. The molecule has 0 aromatic heterocycles. The molecule has 1 amide bonds. The first kappa shape index (κ1) is 58.8. The molecule has 0 bridgehead atoms. The van der Waals surface area contributed by atoms with Crippen molar-refractivity contribution in [3.05, 3.63) is 48.6 Å². The van der Waals surface area contributed by atoms with Gasteiger partial charge < -0.3 is 20.3 Å². The third-order valence-corrected chi connectivity index (χ3v) is 11.8. The van der Waals surface area contributed by atoms with Gasteiger partial charge in [0.05, 0.1) is 25.4 Å². The number of hydrogen-bond acceptors (Lipinski definition) is 5. The molecule has 6 heteroatoms. The minimum atomic E-state index is -0.851. The van der Waals surface area contributed by atoms with Crippen LogP contribution < -0.4 is 5.32 Å². The average Bonchev–Trinajstić information content (AvgIpc) is 3.26. The van der Waals surface area contributed by atoms with Gasteiger partial charge >= 0.3 is 5.97 Å². The van der Waals surface area contributed by atoms with Crippen LogP contribution in [0.4, 0.5) is 0 Å². The first-order valence-corrected chi connectivity index (χ1v) is 26.4. The number of allylic oxidation sites excluding steroid dienone is 7. The van der Waals surface area contributed by atoms with Gasteiger partial charge in [0.2, 0.25) is 5.91 Å². The Morgan fingerprint density at radius 2 is 0.820 bits per heavy atom. The molecule has 0 fully saturated rings. The number of aliphatic hydroxyl groups is 2. The van der Waals surface area contributed by atoms with E-state index in [4.69, 9.17) is 4.74 Å². The lowest BCUT2D eigenvalue weighted by atomic mass is 10.1. The van der Waals surface area contributed by atoms with Crippen molar-refractivity contribution in [3.8, 4) is 0 Å². The van der Waals surface area contributed by atoms with Gasteiger partial charge in [-0.3, -0.25) is 9.59 Å². The number of hydrogen-bond donors (Lipinski definition) is 3. The van der Waals surface area contributed by atoms with E-state index in [0.29, 0.717) is 19.4 Å². The van der Waals surface area contributed by atoms with Crippen molar-refractivity contribution in [3.63, 3.8) is 0 Å². The molecule has 356 valence electrons. The van der Waals surface area contributed by atoms with E-state index in [-0.39, 0.29) is 18.5 Å². The molecule has 2 unspecified atom stereocenters. The monoisotopic (exact) mass is 856 g/mol. The number of unbranched alkanes of at least 4 members (excludes halogenated alkanes) is 31. The fourth-order valence-electron chi connectivity index (χ4n) is 7.71. The van der Waals surface area contributed by atoms with E-state index in [1.807, 2.05) is 6.08 Å². The number of esters is 1. The van der Waals surface area contributed by atoms with E-state index in [0.717, 1.165) is 64.2 Å². The Morgan fingerprint density at radius 3 is 1.28 bits per heavy atom. The Hall–Kier alpha value is -2.18. The van der Waals surface area contributed by atoms with Crippen LogP contribution in [0.2, 0.25) is 0 Å². The van der Waals surface area contributed by atoms with Crippen LogP contribution in [-0.4, -0.2) is 47.4 Å². The number of ether oxygens (including phenoxy) is 1. The third-order valence-electron chi connectivity index (χ3n) is 11.8. The van der Waals surface area contributed by atoms with Crippen molar-refractivity contribution in [2.45, 2.75) is 276 Å². The minimum absolute atomic E-state index is 0.0112. The van der Waals surface area contributed by atoms with Crippen LogP contribution in [-0.2, 0) is 14.3 Å². The van der Waals surface area contributed by atoms with Crippen molar-refractivity contribution in [2.24, 2.45) is 0 Å². The molecule has 61 heavy (non-hydrogen) atoms. The maximum absolute atomic E-state index is 12.4. The van der Waals surface area contributed by atoms with Crippen LogP contribution in [0.5, 0.6) is 0 Å². The first-order valence-electron chi connectivity index (χ1n) is 26.4. The Morgan fingerprint density at radius 1 is 0.459 bits per heavy atom. The van der Waals surface area contributed by atoms with Crippen molar-refractivity contribution < 1.29 is 24.5 Å². The number of rotatable bonds is 48. The standard InChI is InChI=1S/C55H101NO5/c1-3-5-7-9-11-13-14-15-16-17-20-23-26-29-33-37-41-45-49-55(60)61-50-46-42-38-34-30-27-24-21-18-19-22-25-28-32-36-40-44-48-54(59)56-52(51-57)53(58)47-43-39-35-31-12-10-8-6-4-2/h13-14,16-18,21,43,47,52-53,57-58H,3-12,15,19-20,22-42,44-46,48-51H2,1-2H3,(H,56,59)/b14-13-,17-16-,21-18-,47-43+. The van der Waals surface area contributed by atoms with Gasteiger partial charge in [0.25, 0.3) is 0 Å². The highest BCUT2D eigenvalue weighted by Crippen LogP contribution is 2.14. The molecule has 0 aliphatic rings. The number of amides is 1. The summed E-state index contributed by atoms with van der Waals surface area (Å²) in [5, 5.41) is 22.9. The van der Waals surface area contributed by atoms with Gasteiger partial charge in [-0.15, -0.1) is 0 Å². The molecule has 0 aliphatic carbocycles. The summed E-state index contributed by atoms with van der Waals surface area (Å²) in [5.41, 5.74) is 0. The molecule has 0 spiro atoms. The molecule has 0 heterocycles. The van der Waals surface area contributed by atoms with Crippen LogP contribution in [0.3, 0.4) is 0 Å². The average molecular weight is 856 g/mol. The van der Waals surface area contributed by atoms with Gasteiger partial charge in [-0.1, -0.05) is 210 Å². The summed E-state index contributed by atoms with van der Waals surface area (Å²) in [5.74, 6) is -0.0956. The molecule has 0 rings (SSSR count). The normalized spacial score (nSPS) is 13.0. The van der Waals surface area contributed by atoms with Gasteiger partial charge in [-0.05, 0) is 89.9 Å². The minimum Gasteiger partial charge on any atom is -0.466 e. The van der Waals surface area contributed by atoms with Crippen LogP contribution in [0.15, 0.2) is 48.6 Å². The number of nitrogens with one attached hydrogen (secondary N) is 1. The third kappa shape index (κ3) is 47.1. The Bertz CT molecular complexity index is 1040. The largest absolute Gasteiger partial charge is 0.466 e. The number of carbonyl (C=O) groups excluding carboxylic acids is 2. The van der Waals surface area contributed by atoms with Crippen LogP contribution in [0.25, 0.3) is 0 Å². The van der Waals surface area contributed by atoms with Gasteiger partial charge in [0, 0.05) is 12.8 Å². The predicted octanol–water partition coefficient (Wildman–Crippen LogP) is 15.8. The first-order chi connectivity index (χ1) is 30.0. The van der Waals surface area contributed by atoms with Gasteiger partial charge in [0.1, 0.15) is 0 Å². The molecule has 3 N–H and O–H groups in total. The summed E-state index contributed by atoms with van der Waals surface area (Å²) >= 11 is 0. The van der Waals surface area contributed by atoms with Crippen LogP contribution >= 0.6 is 0 Å². The second kappa shape index (κ2) is 50.5. The fraction of sp³-hybridized carbons (Fsp3) is 0.818. The van der Waals surface area contributed by atoms with Gasteiger partial charge in [-0.25, -0.2) is 0 Å². The lowest BCUT2D eigenvalue weighted by molar-refractivity contribution is -0.143. The Balaban J connectivity index is 3.46. The zero-order valence-electron chi connectivity index (χ0n) is 40.4. The molecule has 2 atom stereocenters. The maximum Gasteiger partial charge on any atom is 0.305 e. The van der Waals surface area contributed by atoms with Gasteiger partial charge in [-0.2, -0.15) is 0 Å². The zero-order chi connectivity index (χ0) is 44.4. The summed E-state index contributed by atoms with van der Waals surface area (Å²) < 4.78 is 5.47. The van der Waals surface area contributed by atoms with Crippen molar-refractivity contribution in [1.82, 2.24) is 5.32 Å². The van der Waals surface area contributed by atoms with Crippen molar-refractivity contribution in [1.29, 1.82) is 0 Å². The van der Waals surface area contributed by atoms with E-state index in [2.05, 4.69) is 55.6 Å². The van der Waals surface area contributed by atoms with E-state index in [1.165, 1.54) is 173 Å². The predicted molar refractivity (Wildman–Crippen MR) is 264 cm³/mol. The zero-order valence-corrected chi connectivity index (χ0v) is 40.4. The van der Waals surface area contributed by atoms with Gasteiger partial charge in [0.15, 0.2) is 0 Å². The van der Waals surface area contributed by atoms with E-state index in [9.17, 15) is 19.8 Å².